The molecule has 0 aromatic carbocycles. The van der Waals surface area contributed by atoms with Crippen LogP contribution in [-0.2, 0) is 14.3 Å². The van der Waals surface area contributed by atoms with E-state index in [1.807, 2.05) is 0 Å². The van der Waals surface area contributed by atoms with Gasteiger partial charge in [0.05, 0.1) is 38.0 Å². The van der Waals surface area contributed by atoms with Crippen molar-refractivity contribution in [2.24, 2.45) is 0 Å². The molecule has 0 radical (unpaired) electrons. The molecule has 5 nitrogen and oxygen atoms in total. The molecule has 0 saturated carbocycles. The normalized spacial score (nSPS) is 13.0. The zero-order valence-corrected chi connectivity index (χ0v) is 24.7. The molecule has 0 aromatic rings. The second kappa shape index (κ2) is 28.2. The standard InChI is InChI=1S/C26H52O5.K/c1-3-5-7-9-11-13-15-17-19-24(27)21-31-25(22-30-23-26(28)29)20-18-16-14-12-10-8-6-4-2;/h24-25,27H,3-23H2,1-2H3,(H,28,29);/q;+1/p-1. The first kappa shape index (κ1) is 35.1. The van der Waals surface area contributed by atoms with Crippen LogP contribution in [0.15, 0.2) is 0 Å². The van der Waals surface area contributed by atoms with Crippen LogP contribution in [0.5, 0.6) is 0 Å². The van der Waals surface area contributed by atoms with Crippen molar-refractivity contribution < 1.29 is 75.9 Å². The molecule has 0 heterocycles. The molecule has 2 unspecified atom stereocenters. The molecule has 0 spiro atoms. The molecule has 186 valence electrons. The van der Waals surface area contributed by atoms with E-state index in [0.717, 1.165) is 32.1 Å². The van der Waals surface area contributed by atoms with Crippen LogP contribution in [0.25, 0.3) is 0 Å². The summed E-state index contributed by atoms with van der Waals surface area (Å²) in [6.07, 6.45) is 21.0. The van der Waals surface area contributed by atoms with E-state index < -0.39 is 18.7 Å². The van der Waals surface area contributed by atoms with Crippen molar-refractivity contribution in [1.82, 2.24) is 0 Å². The van der Waals surface area contributed by atoms with E-state index in [1.54, 1.807) is 0 Å². The molecule has 2 atom stereocenters. The van der Waals surface area contributed by atoms with Gasteiger partial charge in [0.2, 0.25) is 0 Å². The first-order valence-corrected chi connectivity index (χ1v) is 13.2. The maximum absolute atomic E-state index is 10.6. The number of unbranched alkanes of at least 4 members (excludes halogenated alkanes) is 14. The van der Waals surface area contributed by atoms with E-state index in [2.05, 4.69) is 13.8 Å². The molecule has 0 bridgehead atoms. The van der Waals surface area contributed by atoms with Gasteiger partial charge in [0, 0.05) is 0 Å². The molecule has 0 saturated heterocycles. The summed E-state index contributed by atoms with van der Waals surface area (Å²) in [5.74, 6) is -1.21. The third kappa shape index (κ3) is 27.2. The second-order valence-corrected chi connectivity index (χ2v) is 9.02. The number of carbonyl (C=O) groups is 1. The van der Waals surface area contributed by atoms with Crippen LogP contribution in [-0.4, -0.2) is 43.1 Å². The van der Waals surface area contributed by atoms with Crippen molar-refractivity contribution >= 4 is 5.97 Å². The Morgan fingerprint density at radius 3 is 1.62 bits per heavy atom. The van der Waals surface area contributed by atoms with Crippen LogP contribution in [0.3, 0.4) is 0 Å². The summed E-state index contributed by atoms with van der Waals surface area (Å²) in [7, 11) is 0. The predicted molar refractivity (Wildman–Crippen MR) is 126 cm³/mol. The Morgan fingerprint density at radius 1 is 0.719 bits per heavy atom. The fourth-order valence-corrected chi connectivity index (χ4v) is 3.84. The molecule has 0 aliphatic carbocycles. The molecule has 0 amide bonds. The summed E-state index contributed by atoms with van der Waals surface area (Å²) in [4.78, 5) is 10.6. The third-order valence-corrected chi connectivity index (χ3v) is 5.82. The number of carbonyl (C=O) groups excluding carboxylic acids is 1. The zero-order valence-electron chi connectivity index (χ0n) is 21.6. The molecule has 32 heavy (non-hydrogen) atoms. The maximum atomic E-state index is 10.6. The number of aliphatic carboxylic acids is 1. The molecule has 0 fully saturated rings. The minimum absolute atomic E-state index is 0. The van der Waals surface area contributed by atoms with Gasteiger partial charge >= 0.3 is 51.4 Å². The molecule has 0 rings (SSSR count). The van der Waals surface area contributed by atoms with Crippen LogP contribution in [0, 0.1) is 0 Å². The summed E-state index contributed by atoms with van der Waals surface area (Å²) in [6, 6.07) is 0. The van der Waals surface area contributed by atoms with Gasteiger partial charge in [0.1, 0.15) is 0 Å². The van der Waals surface area contributed by atoms with E-state index >= 15 is 0 Å². The summed E-state index contributed by atoms with van der Waals surface area (Å²) in [5, 5.41) is 20.8. The topological polar surface area (TPSA) is 78.8 Å². The van der Waals surface area contributed by atoms with Crippen molar-refractivity contribution in [2.45, 2.75) is 142 Å². The Morgan fingerprint density at radius 2 is 1.16 bits per heavy atom. The van der Waals surface area contributed by atoms with Crippen LogP contribution in [0.2, 0.25) is 0 Å². The fraction of sp³-hybridized carbons (Fsp3) is 0.962. The molecule has 1 N–H and O–H groups in total. The Labute approximate surface area is 241 Å². The maximum Gasteiger partial charge on any atom is 1.00 e. The van der Waals surface area contributed by atoms with Crippen molar-refractivity contribution in [3.05, 3.63) is 0 Å². The van der Waals surface area contributed by atoms with E-state index in [-0.39, 0.29) is 64.1 Å². The molecule has 0 aromatic heterocycles. The first-order chi connectivity index (χ1) is 15.1. The minimum atomic E-state index is -1.21. The third-order valence-electron chi connectivity index (χ3n) is 5.82. The molecule has 0 aliphatic rings. The largest absolute Gasteiger partial charge is 1.00 e. The number of hydrogen-bond donors (Lipinski definition) is 1. The van der Waals surface area contributed by atoms with Crippen LogP contribution < -0.4 is 56.5 Å². The average molecular weight is 483 g/mol. The number of carboxylic acids is 1. The number of rotatable bonds is 25. The zero-order chi connectivity index (χ0) is 23.0. The second-order valence-electron chi connectivity index (χ2n) is 9.02. The monoisotopic (exact) mass is 482 g/mol. The van der Waals surface area contributed by atoms with Crippen LogP contribution in [0.1, 0.15) is 129 Å². The molecule has 6 heteroatoms. The summed E-state index contributed by atoms with van der Waals surface area (Å²) in [6.45, 7) is 4.61. The van der Waals surface area contributed by atoms with Crippen LogP contribution in [0.4, 0.5) is 0 Å². The number of aliphatic hydroxyl groups excluding tert-OH is 1. The number of hydrogen-bond acceptors (Lipinski definition) is 5. The Kier molecular flexibility index (Phi) is 31.0. The predicted octanol–water partition coefficient (Wildman–Crippen LogP) is 2.56. The van der Waals surface area contributed by atoms with E-state index in [4.69, 9.17) is 9.47 Å². The van der Waals surface area contributed by atoms with Gasteiger partial charge in [-0.3, -0.25) is 0 Å². The molecular weight excluding hydrogens is 431 g/mol. The van der Waals surface area contributed by atoms with Gasteiger partial charge < -0.3 is 24.5 Å². The van der Waals surface area contributed by atoms with E-state index in [0.29, 0.717) is 6.61 Å². The summed E-state index contributed by atoms with van der Waals surface area (Å²) >= 11 is 0. The van der Waals surface area contributed by atoms with Gasteiger partial charge in [-0.1, -0.05) is 117 Å². The average Bonchev–Trinajstić information content (AvgIpc) is 2.75. The van der Waals surface area contributed by atoms with Crippen molar-refractivity contribution in [1.29, 1.82) is 0 Å². The van der Waals surface area contributed by atoms with Crippen LogP contribution >= 0.6 is 0 Å². The smallest absolute Gasteiger partial charge is 0.548 e. The van der Waals surface area contributed by atoms with Gasteiger partial charge in [-0.15, -0.1) is 0 Å². The quantitative estimate of drug-likeness (QED) is 0.160. The van der Waals surface area contributed by atoms with Crippen molar-refractivity contribution in [2.75, 3.05) is 19.8 Å². The van der Waals surface area contributed by atoms with E-state index in [1.165, 1.54) is 83.5 Å². The van der Waals surface area contributed by atoms with Gasteiger partial charge in [-0.05, 0) is 12.8 Å². The number of ether oxygens (including phenoxy) is 2. The Hall–Kier alpha value is 0.986. The van der Waals surface area contributed by atoms with E-state index in [9.17, 15) is 15.0 Å². The van der Waals surface area contributed by atoms with Gasteiger partial charge in [0.25, 0.3) is 0 Å². The summed E-state index contributed by atoms with van der Waals surface area (Å²) < 4.78 is 11.1. The van der Waals surface area contributed by atoms with Crippen molar-refractivity contribution in [3.63, 3.8) is 0 Å². The number of carboxylic acid groups (broad SMARTS) is 1. The number of aliphatic hydroxyl groups is 1. The van der Waals surface area contributed by atoms with Gasteiger partial charge in [-0.2, -0.15) is 0 Å². The minimum Gasteiger partial charge on any atom is -0.548 e. The fourth-order valence-electron chi connectivity index (χ4n) is 3.84. The molecule has 0 aliphatic heterocycles. The molecular formula is C26H51KO5. The SMILES string of the molecule is CCCCCCCCCCC(O)COC(CCCCCCCCCC)COCC(=O)[O-].[K+]. The van der Waals surface area contributed by atoms with Crippen molar-refractivity contribution in [3.8, 4) is 0 Å². The van der Waals surface area contributed by atoms with Gasteiger partial charge in [0.15, 0.2) is 0 Å². The Bertz CT molecular complexity index is 381. The summed E-state index contributed by atoms with van der Waals surface area (Å²) in [5.41, 5.74) is 0. The first-order valence-electron chi connectivity index (χ1n) is 13.2. The van der Waals surface area contributed by atoms with Gasteiger partial charge in [-0.25, -0.2) is 0 Å². The Balaban J connectivity index is 0.